The molecule has 0 aliphatic carbocycles. The predicted octanol–water partition coefficient (Wildman–Crippen LogP) is 3.51. The van der Waals surface area contributed by atoms with Gasteiger partial charge in [0.2, 0.25) is 0 Å². The molecular weight excluding hydrogens is 208 g/mol. The van der Waals surface area contributed by atoms with Crippen molar-refractivity contribution in [2.45, 2.75) is 45.8 Å². The van der Waals surface area contributed by atoms with Crippen LogP contribution < -0.4 is 5.19 Å². The van der Waals surface area contributed by atoms with Gasteiger partial charge in [0.05, 0.1) is 8.07 Å². The monoisotopic (exact) mass is 230 g/mol. The molecule has 86 valence electrons. The van der Waals surface area contributed by atoms with Gasteiger partial charge in [0.1, 0.15) is 0 Å². The number of benzene rings is 1. The van der Waals surface area contributed by atoms with E-state index in [2.05, 4.69) is 64.5 Å². The predicted molar refractivity (Wildman–Crippen MR) is 76.1 cm³/mol. The second-order valence-corrected chi connectivity index (χ2v) is 11.4. The highest BCUT2D eigenvalue weighted by Gasteiger charge is 2.27. The summed E-state index contributed by atoms with van der Waals surface area (Å²) < 4.78 is 0. The quantitative estimate of drug-likeness (QED) is 0.511. The lowest BCUT2D eigenvalue weighted by Gasteiger charge is -2.30. The van der Waals surface area contributed by atoms with Crippen molar-refractivity contribution in [3.8, 4) is 12.3 Å². The zero-order chi connectivity index (χ0) is 12.6. The molecule has 1 rings (SSSR count). The van der Waals surface area contributed by atoms with Gasteiger partial charge in [-0.1, -0.05) is 63.7 Å². The van der Waals surface area contributed by atoms with Crippen LogP contribution in [0.4, 0.5) is 0 Å². The second kappa shape index (κ2) is 4.11. The summed E-state index contributed by atoms with van der Waals surface area (Å²) in [6.07, 6.45) is 5.62. The molecule has 0 amide bonds. The van der Waals surface area contributed by atoms with E-state index in [1.807, 2.05) is 0 Å². The SMILES string of the molecule is C#Cc1cccc([Si](C)(C)C)c1C(C)(C)C. The Balaban J connectivity index is 3.59. The third-order valence-electron chi connectivity index (χ3n) is 2.78. The first-order valence-corrected chi connectivity index (χ1v) is 9.28. The van der Waals surface area contributed by atoms with Gasteiger partial charge in [0.25, 0.3) is 0 Å². The van der Waals surface area contributed by atoms with Crippen molar-refractivity contribution in [1.29, 1.82) is 0 Å². The fraction of sp³-hybridized carbons (Fsp3) is 0.467. The van der Waals surface area contributed by atoms with Gasteiger partial charge in [-0.3, -0.25) is 0 Å². The Kier molecular flexibility index (Phi) is 3.35. The zero-order valence-corrected chi connectivity index (χ0v) is 12.3. The normalized spacial score (nSPS) is 12.3. The molecule has 0 saturated carbocycles. The molecule has 0 aromatic heterocycles. The minimum atomic E-state index is -1.33. The molecule has 0 fully saturated rings. The van der Waals surface area contributed by atoms with Crippen LogP contribution in [0.15, 0.2) is 18.2 Å². The van der Waals surface area contributed by atoms with E-state index in [1.165, 1.54) is 10.8 Å². The van der Waals surface area contributed by atoms with Crippen molar-refractivity contribution >= 4 is 13.3 Å². The summed E-state index contributed by atoms with van der Waals surface area (Å²) in [5, 5.41) is 1.50. The minimum Gasteiger partial charge on any atom is -0.115 e. The van der Waals surface area contributed by atoms with Crippen molar-refractivity contribution in [2.24, 2.45) is 0 Å². The van der Waals surface area contributed by atoms with Crippen molar-refractivity contribution in [3.63, 3.8) is 0 Å². The van der Waals surface area contributed by atoms with Crippen LogP contribution in [-0.4, -0.2) is 8.07 Å². The molecule has 0 spiro atoms. The van der Waals surface area contributed by atoms with Crippen LogP contribution >= 0.6 is 0 Å². The van der Waals surface area contributed by atoms with Gasteiger partial charge in [-0.15, -0.1) is 6.42 Å². The summed E-state index contributed by atoms with van der Waals surface area (Å²) in [5.74, 6) is 2.84. The van der Waals surface area contributed by atoms with Crippen molar-refractivity contribution in [2.75, 3.05) is 0 Å². The largest absolute Gasteiger partial charge is 0.115 e. The molecule has 0 bridgehead atoms. The molecule has 0 unspecified atom stereocenters. The van der Waals surface area contributed by atoms with Gasteiger partial charge in [0, 0.05) is 5.56 Å². The van der Waals surface area contributed by atoms with Crippen molar-refractivity contribution in [3.05, 3.63) is 29.3 Å². The molecule has 0 aliphatic rings. The zero-order valence-electron chi connectivity index (χ0n) is 11.3. The molecule has 0 atom stereocenters. The van der Waals surface area contributed by atoms with Gasteiger partial charge < -0.3 is 0 Å². The van der Waals surface area contributed by atoms with Crippen molar-refractivity contribution < 1.29 is 0 Å². The standard InChI is InChI=1S/C15H22Si/c1-8-12-10-9-11-13(16(5,6)7)14(12)15(2,3)4/h1,9-11H,2-7H3. The maximum atomic E-state index is 5.62. The molecule has 0 aliphatic heterocycles. The molecule has 0 nitrogen and oxygen atoms in total. The van der Waals surface area contributed by atoms with E-state index in [1.54, 1.807) is 0 Å². The molecule has 1 aromatic carbocycles. The Morgan fingerprint density at radius 2 is 1.69 bits per heavy atom. The van der Waals surface area contributed by atoms with E-state index < -0.39 is 8.07 Å². The maximum absolute atomic E-state index is 5.62. The van der Waals surface area contributed by atoms with Crippen LogP contribution in [-0.2, 0) is 5.41 Å². The molecular formula is C15H22Si. The fourth-order valence-electron chi connectivity index (χ4n) is 2.11. The van der Waals surface area contributed by atoms with Crippen LogP contribution in [0.2, 0.25) is 19.6 Å². The Morgan fingerprint density at radius 1 is 1.12 bits per heavy atom. The smallest absolute Gasteiger partial charge is 0.0780 e. The summed E-state index contributed by atoms with van der Waals surface area (Å²) >= 11 is 0. The fourth-order valence-corrected chi connectivity index (χ4v) is 3.96. The summed E-state index contributed by atoms with van der Waals surface area (Å²) in [4.78, 5) is 0. The summed E-state index contributed by atoms with van der Waals surface area (Å²) in [5.41, 5.74) is 2.56. The molecule has 0 N–H and O–H groups in total. The average molecular weight is 230 g/mol. The summed E-state index contributed by atoms with van der Waals surface area (Å²) in [6, 6.07) is 6.41. The van der Waals surface area contributed by atoms with E-state index in [-0.39, 0.29) is 5.41 Å². The number of terminal acetylenes is 1. The van der Waals surface area contributed by atoms with Gasteiger partial charge in [-0.25, -0.2) is 0 Å². The van der Waals surface area contributed by atoms with E-state index in [0.29, 0.717) is 0 Å². The molecule has 1 heteroatoms. The van der Waals surface area contributed by atoms with E-state index in [4.69, 9.17) is 6.42 Å². The highest BCUT2D eigenvalue weighted by Crippen LogP contribution is 2.26. The van der Waals surface area contributed by atoms with E-state index in [9.17, 15) is 0 Å². The Hall–Kier alpha value is -1.00. The molecule has 16 heavy (non-hydrogen) atoms. The maximum Gasteiger partial charge on any atom is 0.0780 e. The molecule has 0 radical (unpaired) electrons. The third-order valence-corrected chi connectivity index (χ3v) is 4.81. The van der Waals surface area contributed by atoms with Gasteiger partial charge >= 0.3 is 0 Å². The first-order valence-electron chi connectivity index (χ1n) is 5.78. The van der Waals surface area contributed by atoms with Crippen LogP contribution in [0.5, 0.6) is 0 Å². The first kappa shape index (κ1) is 13.1. The Morgan fingerprint density at radius 3 is 2.06 bits per heavy atom. The lowest BCUT2D eigenvalue weighted by atomic mass is 9.84. The average Bonchev–Trinajstić information content (AvgIpc) is 2.13. The van der Waals surface area contributed by atoms with Gasteiger partial charge in [-0.05, 0) is 17.0 Å². The van der Waals surface area contributed by atoms with E-state index >= 15 is 0 Å². The highest BCUT2D eigenvalue weighted by molar-refractivity contribution is 6.89. The first-order chi connectivity index (χ1) is 7.18. The summed E-state index contributed by atoms with van der Waals surface area (Å²) in [6.45, 7) is 13.8. The van der Waals surface area contributed by atoms with Crippen LogP contribution in [0.25, 0.3) is 0 Å². The van der Waals surface area contributed by atoms with E-state index in [0.717, 1.165) is 5.56 Å². The lowest BCUT2D eigenvalue weighted by Crippen LogP contribution is -2.43. The summed E-state index contributed by atoms with van der Waals surface area (Å²) in [7, 11) is -1.33. The third kappa shape index (κ3) is 2.57. The van der Waals surface area contributed by atoms with Crippen LogP contribution in [0.3, 0.4) is 0 Å². The minimum absolute atomic E-state index is 0.124. The Labute approximate surface area is 101 Å². The van der Waals surface area contributed by atoms with Gasteiger partial charge in [-0.2, -0.15) is 0 Å². The molecule has 0 heterocycles. The van der Waals surface area contributed by atoms with Crippen molar-refractivity contribution in [1.82, 2.24) is 0 Å². The second-order valence-electron chi connectivity index (χ2n) is 6.37. The number of hydrogen-bond donors (Lipinski definition) is 0. The lowest BCUT2D eigenvalue weighted by molar-refractivity contribution is 0.592. The topological polar surface area (TPSA) is 0 Å². The van der Waals surface area contributed by atoms with Gasteiger partial charge in [0.15, 0.2) is 0 Å². The van der Waals surface area contributed by atoms with Crippen LogP contribution in [0.1, 0.15) is 31.9 Å². The number of rotatable bonds is 1. The molecule has 1 aromatic rings. The number of hydrogen-bond acceptors (Lipinski definition) is 0. The molecule has 0 saturated heterocycles. The van der Waals surface area contributed by atoms with Crippen LogP contribution in [0, 0.1) is 12.3 Å². The Bertz CT molecular complexity index is 422. The highest BCUT2D eigenvalue weighted by atomic mass is 28.3.